The van der Waals surface area contributed by atoms with Crippen LogP contribution in [0.5, 0.6) is 23.0 Å². The zero-order valence-electron chi connectivity index (χ0n) is 29.0. The van der Waals surface area contributed by atoms with Gasteiger partial charge in [0.1, 0.15) is 0 Å². The number of aromatic amines is 1. The average Bonchev–Trinajstić information content (AvgIpc) is 3.77. The van der Waals surface area contributed by atoms with E-state index < -0.39 is 0 Å². The SMILES string of the molecule is c1ccc2c(c1)Nc1ccc(N3c4ccccc4Oc4ccccc43)cc1O2.c1ccc2c(c1)[nH]c1ccc(-n3c4ccccc4c4ccccc43)cc12. The van der Waals surface area contributed by atoms with E-state index in [1.54, 1.807) is 0 Å². The number of nitrogens with one attached hydrogen (secondary N) is 2. The minimum absolute atomic E-state index is 0.803. The molecule has 2 aliphatic rings. The van der Waals surface area contributed by atoms with Gasteiger partial charge < -0.3 is 29.2 Å². The van der Waals surface area contributed by atoms with Crippen molar-refractivity contribution < 1.29 is 9.47 Å². The van der Waals surface area contributed by atoms with Crippen molar-refractivity contribution in [1.29, 1.82) is 0 Å². The second kappa shape index (κ2) is 12.1. The van der Waals surface area contributed by atoms with Crippen molar-refractivity contribution in [2.45, 2.75) is 0 Å². The Bertz CT molecular complexity index is 2970. The van der Waals surface area contributed by atoms with E-state index >= 15 is 0 Å². The summed E-state index contributed by atoms with van der Waals surface area (Å²) >= 11 is 0. The lowest BCUT2D eigenvalue weighted by Crippen LogP contribution is -2.16. The van der Waals surface area contributed by atoms with Gasteiger partial charge in [0.2, 0.25) is 0 Å². The first-order valence-corrected chi connectivity index (χ1v) is 18.1. The molecule has 0 radical (unpaired) electrons. The maximum atomic E-state index is 6.16. The minimum atomic E-state index is 0.803. The summed E-state index contributed by atoms with van der Waals surface area (Å²) in [5, 5.41) is 8.56. The number of para-hydroxylation sites is 9. The zero-order valence-corrected chi connectivity index (χ0v) is 29.0. The van der Waals surface area contributed by atoms with Gasteiger partial charge in [-0.3, -0.25) is 0 Å². The number of ether oxygens (including phenoxy) is 2. The molecule has 0 fully saturated rings. The smallest absolute Gasteiger partial charge is 0.153 e. The molecule has 6 nitrogen and oxygen atoms in total. The quantitative estimate of drug-likeness (QED) is 0.189. The van der Waals surface area contributed by atoms with Crippen LogP contribution in [0.1, 0.15) is 0 Å². The Labute approximate surface area is 311 Å². The molecular formula is C48H32N4O2. The first-order valence-electron chi connectivity index (χ1n) is 18.1. The molecule has 2 aromatic heterocycles. The summed E-state index contributed by atoms with van der Waals surface area (Å²) in [5.41, 5.74) is 11.0. The molecule has 12 rings (SSSR count). The maximum absolute atomic E-state index is 6.16. The van der Waals surface area contributed by atoms with Crippen LogP contribution in [0.4, 0.5) is 28.4 Å². The Morgan fingerprint density at radius 3 is 1.65 bits per heavy atom. The number of rotatable bonds is 2. The molecule has 256 valence electrons. The Kier molecular flexibility index (Phi) is 6.75. The number of hydrogen-bond donors (Lipinski definition) is 2. The third-order valence-corrected chi connectivity index (χ3v) is 10.4. The van der Waals surface area contributed by atoms with Gasteiger partial charge in [0.05, 0.1) is 39.5 Å². The van der Waals surface area contributed by atoms with Gasteiger partial charge in [0.15, 0.2) is 23.0 Å². The Balaban J connectivity index is 0.000000127. The highest BCUT2D eigenvalue weighted by Crippen LogP contribution is 2.52. The molecule has 2 aliphatic heterocycles. The molecule has 0 atom stereocenters. The average molecular weight is 697 g/mol. The minimum Gasteiger partial charge on any atom is -0.453 e. The number of H-pyrrole nitrogens is 1. The van der Waals surface area contributed by atoms with Crippen LogP contribution >= 0.6 is 0 Å². The summed E-state index contributed by atoms with van der Waals surface area (Å²) in [7, 11) is 0. The molecule has 0 unspecified atom stereocenters. The summed E-state index contributed by atoms with van der Waals surface area (Å²) < 4.78 is 14.6. The van der Waals surface area contributed by atoms with Crippen LogP contribution in [0.25, 0.3) is 49.3 Å². The first kappa shape index (κ1) is 30.2. The molecule has 0 saturated carbocycles. The summed E-state index contributed by atoms with van der Waals surface area (Å²) in [6.45, 7) is 0. The molecule has 54 heavy (non-hydrogen) atoms. The molecule has 10 aromatic rings. The van der Waals surface area contributed by atoms with Gasteiger partial charge in [-0.25, -0.2) is 0 Å². The van der Waals surface area contributed by atoms with Crippen molar-refractivity contribution >= 4 is 72.0 Å². The molecule has 6 heteroatoms. The standard InChI is InChI=1S/C24H16N2O2.C24H16N2/c1-4-10-21-17(7-1)25-18-14-13-16(15-24(18)27-21)26-19-8-2-5-11-22(19)28-23-12-6-3-9-20(23)26;1-4-10-21-17(7-1)20-15-16(13-14-22(20)25-21)26-23-11-5-2-8-18(23)19-9-3-6-12-24(19)26/h1-15,25H;1-15,25H. The van der Waals surface area contributed by atoms with E-state index in [-0.39, 0.29) is 0 Å². The molecule has 8 aromatic carbocycles. The highest BCUT2D eigenvalue weighted by molar-refractivity contribution is 6.11. The van der Waals surface area contributed by atoms with E-state index in [1.165, 1.54) is 49.3 Å². The third-order valence-electron chi connectivity index (χ3n) is 10.4. The second-order valence-electron chi connectivity index (χ2n) is 13.5. The molecule has 0 bridgehead atoms. The molecule has 0 aliphatic carbocycles. The van der Waals surface area contributed by atoms with Gasteiger partial charge in [-0.1, -0.05) is 91.0 Å². The lowest BCUT2D eigenvalue weighted by Gasteiger charge is -2.33. The van der Waals surface area contributed by atoms with Crippen LogP contribution in [-0.4, -0.2) is 9.55 Å². The Hall–Kier alpha value is -7.44. The lowest BCUT2D eigenvalue weighted by atomic mass is 10.1. The van der Waals surface area contributed by atoms with Crippen LogP contribution in [0, 0.1) is 0 Å². The van der Waals surface area contributed by atoms with E-state index in [9.17, 15) is 0 Å². The van der Waals surface area contributed by atoms with Crippen molar-refractivity contribution in [3.8, 4) is 28.7 Å². The lowest BCUT2D eigenvalue weighted by molar-refractivity contribution is 0.475. The number of aromatic nitrogens is 2. The summed E-state index contributed by atoms with van der Waals surface area (Å²) in [4.78, 5) is 5.72. The Morgan fingerprint density at radius 2 is 0.907 bits per heavy atom. The van der Waals surface area contributed by atoms with Crippen LogP contribution in [0.2, 0.25) is 0 Å². The molecule has 0 amide bonds. The second-order valence-corrected chi connectivity index (χ2v) is 13.5. The van der Waals surface area contributed by atoms with Gasteiger partial charge >= 0.3 is 0 Å². The van der Waals surface area contributed by atoms with Crippen molar-refractivity contribution in [2.24, 2.45) is 0 Å². The van der Waals surface area contributed by atoms with Gasteiger partial charge in [-0.2, -0.15) is 0 Å². The number of fused-ring (bicyclic) bond motifs is 10. The zero-order chi connectivity index (χ0) is 35.6. The molecular weight excluding hydrogens is 665 g/mol. The molecule has 0 spiro atoms. The number of hydrogen-bond acceptors (Lipinski definition) is 4. The largest absolute Gasteiger partial charge is 0.453 e. The normalized spacial score (nSPS) is 12.5. The van der Waals surface area contributed by atoms with Crippen molar-refractivity contribution in [2.75, 3.05) is 10.2 Å². The summed E-state index contributed by atoms with van der Waals surface area (Å²) in [6.07, 6.45) is 0. The first-order chi connectivity index (χ1) is 26.8. The van der Waals surface area contributed by atoms with Crippen molar-refractivity contribution in [3.05, 3.63) is 182 Å². The van der Waals surface area contributed by atoms with Crippen LogP contribution < -0.4 is 19.7 Å². The number of benzene rings is 8. The molecule has 4 heterocycles. The summed E-state index contributed by atoms with van der Waals surface area (Å²) in [6, 6.07) is 62.8. The van der Waals surface area contributed by atoms with Gasteiger partial charge in [0.25, 0.3) is 0 Å². The van der Waals surface area contributed by atoms with Crippen molar-refractivity contribution in [1.82, 2.24) is 9.55 Å². The topological polar surface area (TPSA) is 54.5 Å². The van der Waals surface area contributed by atoms with Gasteiger partial charge in [-0.05, 0) is 84.9 Å². The van der Waals surface area contributed by atoms with E-state index in [0.29, 0.717) is 0 Å². The molecule has 2 N–H and O–H groups in total. The number of nitrogens with zero attached hydrogens (tertiary/aromatic N) is 2. The monoisotopic (exact) mass is 696 g/mol. The highest BCUT2D eigenvalue weighted by atomic mass is 16.5. The highest BCUT2D eigenvalue weighted by Gasteiger charge is 2.27. The van der Waals surface area contributed by atoms with Gasteiger partial charge in [-0.15, -0.1) is 0 Å². The van der Waals surface area contributed by atoms with E-state index in [1.807, 2.05) is 60.7 Å². The van der Waals surface area contributed by atoms with E-state index in [2.05, 4.69) is 141 Å². The van der Waals surface area contributed by atoms with E-state index in [4.69, 9.17) is 9.47 Å². The third kappa shape index (κ3) is 4.81. The predicted octanol–water partition coefficient (Wildman–Crippen LogP) is 13.5. The van der Waals surface area contributed by atoms with Gasteiger partial charge in [0, 0.05) is 44.3 Å². The summed E-state index contributed by atoms with van der Waals surface area (Å²) in [5.74, 6) is 3.30. The van der Waals surface area contributed by atoms with E-state index in [0.717, 1.165) is 51.4 Å². The maximum Gasteiger partial charge on any atom is 0.153 e. The van der Waals surface area contributed by atoms with Crippen LogP contribution in [0.15, 0.2) is 182 Å². The van der Waals surface area contributed by atoms with Crippen LogP contribution in [0.3, 0.4) is 0 Å². The fourth-order valence-electron chi connectivity index (χ4n) is 7.92. The fraction of sp³-hybridized carbons (Fsp3) is 0. The molecule has 0 saturated heterocycles. The van der Waals surface area contributed by atoms with Crippen molar-refractivity contribution in [3.63, 3.8) is 0 Å². The Morgan fingerprint density at radius 1 is 0.370 bits per heavy atom. The predicted molar refractivity (Wildman–Crippen MR) is 221 cm³/mol. The van der Waals surface area contributed by atoms with Crippen LogP contribution in [-0.2, 0) is 0 Å². The fourth-order valence-corrected chi connectivity index (χ4v) is 7.92. The number of anilines is 5.